The summed E-state index contributed by atoms with van der Waals surface area (Å²) in [5, 5.41) is 10.7. The second kappa shape index (κ2) is 11.8. The molecule has 196 valence electrons. The number of anilines is 1. The summed E-state index contributed by atoms with van der Waals surface area (Å²) in [6, 6.07) is 24.3. The van der Waals surface area contributed by atoms with E-state index in [0.717, 1.165) is 41.0 Å². The molecular formula is C28H29N5O3S2. The molecular weight excluding hydrogens is 518 g/mol. The molecule has 2 heterocycles. The summed E-state index contributed by atoms with van der Waals surface area (Å²) in [4.78, 5) is 17.0. The minimum absolute atomic E-state index is 0.0489. The predicted molar refractivity (Wildman–Crippen MR) is 150 cm³/mol. The Kier molecular flexibility index (Phi) is 8.09. The number of H-pyrrole nitrogens is 1. The fourth-order valence-electron chi connectivity index (χ4n) is 4.42. The number of benzene rings is 3. The zero-order valence-corrected chi connectivity index (χ0v) is 22.5. The molecule has 3 aromatic carbocycles. The first-order chi connectivity index (χ1) is 18.5. The summed E-state index contributed by atoms with van der Waals surface area (Å²) >= 11 is 1.47. The Labute approximate surface area is 226 Å². The first-order valence-electron chi connectivity index (χ1n) is 12.6. The number of aromatic nitrogens is 3. The molecule has 8 nitrogen and oxygen atoms in total. The zero-order chi connectivity index (χ0) is 26.4. The first kappa shape index (κ1) is 26.0. The fraction of sp³-hybridized carbons (Fsp3) is 0.250. The summed E-state index contributed by atoms with van der Waals surface area (Å²) in [6.45, 7) is 0.983. The van der Waals surface area contributed by atoms with Gasteiger partial charge in [0.25, 0.3) is 10.0 Å². The molecule has 0 fully saturated rings. The number of aryl methyl sites for hydroxylation is 2. The van der Waals surface area contributed by atoms with E-state index in [0.29, 0.717) is 36.8 Å². The molecule has 1 amide bonds. The van der Waals surface area contributed by atoms with E-state index in [1.165, 1.54) is 16.1 Å². The SMILES string of the molecule is O=C(CCc1ccc(S(=O)(=O)N2CCCc3ccccc32)cc1)NCCSc1n[nH]c(-c2ccccc2)n1. The third kappa shape index (κ3) is 6.08. The number of sulfonamides is 1. The van der Waals surface area contributed by atoms with Crippen molar-refractivity contribution in [2.45, 2.75) is 35.7 Å². The van der Waals surface area contributed by atoms with E-state index in [-0.39, 0.29) is 10.8 Å². The fourth-order valence-corrected chi connectivity index (χ4v) is 6.61. The van der Waals surface area contributed by atoms with Crippen LogP contribution in [-0.2, 0) is 27.7 Å². The average Bonchev–Trinajstić information content (AvgIpc) is 3.44. The summed E-state index contributed by atoms with van der Waals surface area (Å²) in [5.74, 6) is 1.33. The molecule has 0 aliphatic carbocycles. The smallest absolute Gasteiger partial charge is 0.264 e. The molecule has 0 unspecified atom stereocenters. The molecule has 1 aromatic heterocycles. The summed E-state index contributed by atoms with van der Waals surface area (Å²) in [7, 11) is -3.64. The minimum atomic E-state index is -3.64. The van der Waals surface area contributed by atoms with Crippen LogP contribution in [-0.4, -0.2) is 48.3 Å². The number of amides is 1. The van der Waals surface area contributed by atoms with Crippen LogP contribution in [0.5, 0.6) is 0 Å². The van der Waals surface area contributed by atoms with Crippen LogP contribution in [0.1, 0.15) is 24.0 Å². The molecule has 10 heteroatoms. The van der Waals surface area contributed by atoms with Crippen LogP contribution >= 0.6 is 11.8 Å². The van der Waals surface area contributed by atoms with Crippen LogP contribution in [0.2, 0.25) is 0 Å². The Hall–Kier alpha value is -3.63. The molecule has 0 radical (unpaired) electrons. The second-order valence-electron chi connectivity index (χ2n) is 8.98. The van der Waals surface area contributed by atoms with Crippen LogP contribution in [0.4, 0.5) is 5.69 Å². The first-order valence-corrected chi connectivity index (χ1v) is 15.0. The number of carbonyl (C=O) groups excluding carboxylic acids is 1. The topological polar surface area (TPSA) is 108 Å². The largest absolute Gasteiger partial charge is 0.355 e. The van der Waals surface area contributed by atoms with Gasteiger partial charge in [-0.15, -0.1) is 5.10 Å². The van der Waals surface area contributed by atoms with E-state index in [9.17, 15) is 13.2 Å². The van der Waals surface area contributed by atoms with E-state index in [1.807, 2.05) is 54.6 Å². The third-order valence-corrected chi connectivity index (χ3v) is 9.06. The number of hydrogen-bond donors (Lipinski definition) is 2. The number of nitrogens with one attached hydrogen (secondary N) is 2. The Morgan fingerprint density at radius 1 is 1.00 bits per heavy atom. The van der Waals surface area contributed by atoms with E-state index in [1.54, 1.807) is 24.3 Å². The molecule has 4 aromatic rings. The molecule has 2 N–H and O–H groups in total. The van der Waals surface area contributed by atoms with Gasteiger partial charge < -0.3 is 5.32 Å². The van der Waals surface area contributed by atoms with Crippen molar-refractivity contribution in [2.75, 3.05) is 23.1 Å². The monoisotopic (exact) mass is 547 g/mol. The van der Waals surface area contributed by atoms with Gasteiger partial charge in [-0.05, 0) is 48.6 Å². The van der Waals surface area contributed by atoms with Gasteiger partial charge in [-0.3, -0.25) is 14.2 Å². The number of rotatable bonds is 10. The molecule has 0 bridgehead atoms. The normalized spacial score (nSPS) is 13.2. The van der Waals surface area contributed by atoms with E-state index in [4.69, 9.17) is 0 Å². The molecule has 0 atom stereocenters. The van der Waals surface area contributed by atoms with Gasteiger partial charge in [0.1, 0.15) is 0 Å². The number of aromatic amines is 1. The lowest BCUT2D eigenvalue weighted by molar-refractivity contribution is -0.120. The van der Waals surface area contributed by atoms with Crippen molar-refractivity contribution in [3.8, 4) is 11.4 Å². The molecule has 5 rings (SSSR count). The van der Waals surface area contributed by atoms with E-state index < -0.39 is 10.0 Å². The molecule has 38 heavy (non-hydrogen) atoms. The second-order valence-corrected chi connectivity index (χ2v) is 11.9. The van der Waals surface area contributed by atoms with Crippen LogP contribution in [0.3, 0.4) is 0 Å². The van der Waals surface area contributed by atoms with Gasteiger partial charge in [0.2, 0.25) is 11.1 Å². The molecule has 1 aliphatic rings. The quantitative estimate of drug-likeness (QED) is 0.224. The van der Waals surface area contributed by atoms with Gasteiger partial charge in [0, 0.05) is 30.8 Å². The van der Waals surface area contributed by atoms with Gasteiger partial charge in [0.15, 0.2) is 5.82 Å². The molecule has 0 saturated carbocycles. The van der Waals surface area contributed by atoms with Gasteiger partial charge >= 0.3 is 0 Å². The Morgan fingerprint density at radius 2 is 1.76 bits per heavy atom. The predicted octanol–water partition coefficient (Wildman–Crippen LogP) is 4.45. The number of fused-ring (bicyclic) bond motifs is 1. The van der Waals surface area contributed by atoms with Crippen molar-refractivity contribution in [2.24, 2.45) is 0 Å². The van der Waals surface area contributed by atoms with Crippen LogP contribution < -0.4 is 9.62 Å². The van der Waals surface area contributed by atoms with Crippen molar-refractivity contribution < 1.29 is 13.2 Å². The highest BCUT2D eigenvalue weighted by Crippen LogP contribution is 2.31. The van der Waals surface area contributed by atoms with Crippen molar-refractivity contribution in [1.29, 1.82) is 0 Å². The maximum Gasteiger partial charge on any atom is 0.264 e. The van der Waals surface area contributed by atoms with Crippen molar-refractivity contribution in [3.63, 3.8) is 0 Å². The lowest BCUT2D eigenvalue weighted by atomic mass is 10.0. The maximum atomic E-state index is 13.3. The number of para-hydroxylation sites is 1. The van der Waals surface area contributed by atoms with Gasteiger partial charge in [-0.25, -0.2) is 13.4 Å². The highest BCUT2D eigenvalue weighted by molar-refractivity contribution is 7.99. The Morgan fingerprint density at radius 3 is 2.58 bits per heavy atom. The zero-order valence-electron chi connectivity index (χ0n) is 20.8. The van der Waals surface area contributed by atoms with Crippen LogP contribution in [0.15, 0.2) is 88.9 Å². The maximum absolute atomic E-state index is 13.3. The molecule has 0 spiro atoms. The number of hydrogen-bond acceptors (Lipinski definition) is 6. The number of thioether (sulfide) groups is 1. The van der Waals surface area contributed by atoms with Crippen LogP contribution in [0.25, 0.3) is 11.4 Å². The number of carbonyl (C=O) groups is 1. The van der Waals surface area contributed by atoms with Crippen molar-refractivity contribution >= 4 is 33.4 Å². The number of nitrogens with zero attached hydrogens (tertiary/aromatic N) is 3. The minimum Gasteiger partial charge on any atom is -0.355 e. The highest BCUT2D eigenvalue weighted by Gasteiger charge is 2.28. The van der Waals surface area contributed by atoms with Crippen LogP contribution in [0, 0.1) is 0 Å². The van der Waals surface area contributed by atoms with Crippen molar-refractivity contribution in [1.82, 2.24) is 20.5 Å². The lowest BCUT2D eigenvalue weighted by Crippen LogP contribution is -2.35. The van der Waals surface area contributed by atoms with Crippen molar-refractivity contribution in [3.05, 3.63) is 90.0 Å². The van der Waals surface area contributed by atoms with E-state index >= 15 is 0 Å². The van der Waals surface area contributed by atoms with Gasteiger partial charge in [-0.1, -0.05) is 72.4 Å². The van der Waals surface area contributed by atoms with Gasteiger partial charge in [-0.2, -0.15) is 0 Å². The van der Waals surface area contributed by atoms with E-state index in [2.05, 4.69) is 20.5 Å². The summed E-state index contributed by atoms with van der Waals surface area (Å²) in [6.07, 6.45) is 2.55. The Bertz CT molecular complexity index is 1490. The van der Waals surface area contributed by atoms with Gasteiger partial charge in [0.05, 0.1) is 10.6 Å². The highest BCUT2D eigenvalue weighted by atomic mass is 32.2. The standard InChI is InChI=1S/C28H29N5O3S2/c34-26(29-18-20-37-28-30-27(31-32-28)23-8-2-1-3-9-23)17-14-21-12-15-24(16-13-21)38(35,36)33-19-6-10-22-7-4-5-11-25(22)33/h1-5,7-9,11-13,15-16H,6,10,14,17-20H2,(H,29,34)(H,30,31,32). The Balaban J connectivity index is 1.07. The third-order valence-electron chi connectivity index (χ3n) is 6.39. The summed E-state index contributed by atoms with van der Waals surface area (Å²) in [5.41, 5.74) is 3.71. The summed E-state index contributed by atoms with van der Waals surface area (Å²) < 4.78 is 28.1. The molecule has 1 aliphatic heterocycles. The molecule has 0 saturated heterocycles. The lowest BCUT2D eigenvalue weighted by Gasteiger charge is -2.30. The average molecular weight is 548 g/mol.